The fraction of sp³-hybridized carbons (Fsp3) is 0. The van der Waals surface area contributed by atoms with E-state index in [2.05, 4.69) is 146 Å². The predicted molar refractivity (Wildman–Crippen MR) is 199 cm³/mol. The smallest absolute Gasteiger partial charge is 0.165 e. The highest BCUT2D eigenvalue weighted by atomic mass is 15.0. The molecule has 3 nitrogen and oxygen atoms in total. The minimum Gasteiger partial charge on any atom is -0.208 e. The molecule has 0 saturated carbocycles. The lowest BCUT2D eigenvalue weighted by atomic mass is 9.85. The molecule has 0 unspecified atom stereocenters. The van der Waals surface area contributed by atoms with Gasteiger partial charge in [-0.05, 0) is 71.8 Å². The minimum atomic E-state index is 0.654. The van der Waals surface area contributed by atoms with Gasteiger partial charge in [-0.2, -0.15) is 0 Å². The summed E-state index contributed by atoms with van der Waals surface area (Å²) in [5.74, 6) is 1.97. The van der Waals surface area contributed by atoms with Crippen LogP contribution in [0.5, 0.6) is 0 Å². The number of aromatic nitrogens is 3. The van der Waals surface area contributed by atoms with E-state index in [1.54, 1.807) is 0 Å². The standard InChI is InChI=1S/C45H27N3/c1-2-14-29(15-3-1)43-46-44(31-26-25-28-13-4-5-16-30(28)27-31)48-45(47-43)42-38-22-11-10-21-37(38)40-35-20-9-8-19-33(35)32-17-6-7-18-34(32)36-23-12-24-39(42)41(36)40/h1-27H. The van der Waals surface area contributed by atoms with Crippen molar-refractivity contribution in [2.75, 3.05) is 0 Å². The largest absolute Gasteiger partial charge is 0.208 e. The van der Waals surface area contributed by atoms with Gasteiger partial charge < -0.3 is 0 Å². The van der Waals surface area contributed by atoms with Crippen molar-refractivity contribution in [3.8, 4) is 67.5 Å². The summed E-state index contributed by atoms with van der Waals surface area (Å²) < 4.78 is 0. The number of hydrogen-bond acceptors (Lipinski definition) is 3. The maximum atomic E-state index is 5.30. The van der Waals surface area contributed by atoms with Gasteiger partial charge in [0.1, 0.15) is 0 Å². The van der Waals surface area contributed by atoms with E-state index in [0.29, 0.717) is 17.5 Å². The Balaban J connectivity index is 1.35. The molecule has 0 fully saturated rings. The molecular weight excluding hydrogens is 583 g/mol. The lowest BCUT2D eigenvalue weighted by Crippen LogP contribution is -2.02. The third-order valence-electron chi connectivity index (χ3n) is 9.65. The van der Waals surface area contributed by atoms with E-state index in [0.717, 1.165) is 32.8 Å². The summed E-state index contributed by atoms with van der Waals surface area (Å²) in [4.78, 5) is 15.6. The molecule has 9 aromatic rings. The fourth-order valence-corrected chi connectivity index (χ4v) is 7.52. The summed E-state index contributed by atoms with van der Waals surface area (Å²) in [6.45, 7) is 0. The highest BCUT2D eigenvalue weighted by molar-refractivity contribution is 6.26. The van der Waals surface area contributed by atoms with E-state index in [-0.39, 0.29) is 0 Å². The van der Waals surface area contributed by atoms with Gasteiger partial charge in [0.25, 0.3) is 0 Å². The zero-order chi connectivity index (χ0) is 31.6. The van der Waals surface area contributed by atoms with Gasteiger partial charge in [-0.15, -0.1) is 0 Å². The quantitative estimate of drug-likeness (QED) is 0.187. The first kappa shape index (κ1) is 26.7. The Morgan fingerprint density at radius 2 is 0.812 bits per heavy atom. The molecular formula is C45H27N3. The summed E-state index contributed by atoms with van der Waals surface area (Å²) in [5, 5.41) is 6.98. The van der Waals surface area contributed by atoms with Gasteiger partial charge in [-0.1, -0.05) is 158 Å². The van der Waals surface area contributed by atoms with Crippen LogP contribution < -0.4 is 0 Å². The van der Waals surface area contributed by atoms with Crippen LogP contribution in [0.3, 0.4) is 0 Å². The van der Waals surface area contributed by atoms with Crippen molar-refractivity contribution in [1.82, 2.24) is 15.0 Å². The monoisotopic (exact) mass is 609 g/mol. The molecule has 48 heavy (non-hydrogen) atoms. The third kappa shape index (κ3) is 4.04. The maximum absolute atomic E-state index is 5.30. The van der Waals surface area contributed by atoms with Crippen LogP contribution in [0.2, 0.25) is 0 Å². The molecule has 1 aliphatic rings. The summed E-state index contributed by atoms with van der Waals surface area (Å²) in [6.07, 6.45) is 0. The van der Waals surface area contributed by atoms with Crippen LogP contribution in [0.25, 0.3) is 99.9 Å². The Bertz CT molecular complexity index is 2730. The zero-order valence-electron chi connectivity index (χ0n) is 25.9. The van der Waals surface area contributed by atoms with Crippen molar-refractivity contribution in [1.29, 1.82) is 0 Å². The number of benzene rings is 8. The first-order chi connectivity index (χ1) is 23.8. The van der Waals surface area contributed by atoms with Crippen molar-refractivity contribution >= 4 is 32.3 Å². The maximum Gasteiger partial charge on any atom is 0.165 e. The Kier molecular flexibility index (Phi) is 5.87. The van der Waals surface area contributed by atoms with Gasteiger partial charge in [0.05, 0.1) is 0 Å². The van der Waals surface area contributed by atoms with E-state index in [4.69, 9.17) is 15.0 Å². The van der Waals surface area contributed by atoms with E-state index in [1.807, 2.05) is 18.2 Å². The molecule has 10 rings (SSSR count). The van der Waals surface area contributed by atoms with E-state index >= 15 is 0 Å². The summed E-state index contributed by atoms with van der Waals surface area (Å²) >= 11 is 0. The molecule has 0 atom stereocenters. The minimum absolute atomic E-state index is 0.654. The van der Waals surface area contributed by atoms with Gasteiger partial charge in [-0.25, -0.2) is 15.0 Å². The molecule has 0 bridgehead atoms. The molecule has 0 amide bonds. The Hall–Kier alpha value is -6.45. The van der Waals surface area contributed by atoms with Crippen LogP contribution in [0.4, 0.5) is 0 Å². The number of rotatable bonds is 3. The molecule has 1 heterocycles. The first-order valence-electron chi connectivity index (χ1n) is 16.3. The van der Waals surface area contributed by atoms with Gasteiger partial charge in [0.2, 0.25) is 0 Å². The van der Waals surface area contributed by atoms with Crippen molar-refractivity contribution in [2.24, 2.45) is 0 Å². The van der Waals surface area contributed by atoms with Gasteiger partial charge >= 0.3 is 0 Å². The van der Waals surface area contributed by atoms with Gasteiger partial charge in [0, 0.05) is 16.7 Å². The first-order valence-corrected chi connectivity index (χ1v) is 16.3. The number of nitrogens with zero attached hydrogens (tertiary/aromatic N) is 3. The van der Waals surface area contributed by atoms with Crippen LogP contribution in [-0.4, -0.2) is 15.0 Å². The van der Waals surface area contributed by atoms with Crippen LogP contribution >= 0.6 is 0 Å². The molecule has 0 radical (unpaired) electrons. The van der Waals surface area contributed by atoms with Gasteiger partial charge in [0.15, 0.2) is 17.5 Å². The lowest BCUT2D eigenvalue weighted by molar-refractivity contribution is 1.08. The molecule has 0 N–H and O–H groups in total. The van der Waals surface area contributed by atoms with E-state index in [1.165, 1.54) is 49.5 Å². The predicted octanol–water partition coefficient (Wildman–Crippen LogP) is 11.6. The second kappa shape index (κ2) is 10.5. The molecule has 1 aromatic heterocycles. The van der Waals surface area contributed by atoms with Crippen LogP contribution in [-0.2, 0) is 0 Å². The van der Waals surface area contributed by atoms with Crippen LogP contribution in [0.15, 0.2) is 164 Å². The fourth-order valence-electron chi connectivity index (χ4n) is 7.52. The second-order valence-corrected chi connectivity index (χ2v) is 12.3. The average Bonchev–Trinajstić information content (AvgIpc) is 3.29. The second-order valence-electron chi connectivity index (χ2n) is 12.3. The molecule has 0 saturated heterocycles. The van der Waals surface area contributed by atoms with Gasteiger partial charge in [-0.3, -0.25) is 0 Å². The number of hydrogen-bond donors (Lipinski definition) is 0. The van der Waals surface area contributed by atoms with Crippen molar-refractivity contribution < 1.29 is 0 Å². The SMILES string of the molecule is c1ccc(-c2nc(-c3ccc4ccccc4c3)nc(-c3c4ccccc4c4c5c(cccc35)-c3ccccc3-c3ccccc3-4)n2)cc1. The van der Waals surface area contributed by atoms with E-state index < -0.39 is 0 Å². The molecule has 1 aliphatic carbocycles. The Morgan fingerprint density at radius 1 is 0.292 bits per heavy atom. The van der Waals surface area contributed by atoms with Crippen molar-refractivity contribution in [3.63, 3.8) is 0 Å². The molecule has 0 aliphatic heterocycles. The zero-order valence-corrected chi connectivity index (χ0v) is 25.9. The van der Waals surface area contributed by atoms with Crippen molar-refractivity contribution in [2.45, 2.75) is 0 Å². The highest BCUT2D eigenvalue weighted by Crippen LogP contribution is 2.52. The summed E-state index contributed by atoms with van der Waals surface area (Å²) in [7, 11) is 0. The highest BCUT2D eigenvalue weighted by Gasteiger charge is 2.26. The lowest BCUT2D eigenvalue weighted by Gasteiger charge is -2.19. The molecule has 222 valence electrons. The third-order valence-corrected chi connectivity index (χ3v) is 9.65. The Labute approximate surface area is 277 Å². The summed E-state index contributed by atoms with van der Waals surface area (Å²) in [5.41, 5.74) is 10.3. The van der Waals surface area contributed by atoms with Crippen LogP contribution in [0.1, 0.15) is 0 Å². The van der Waals surface area contributed by atoms with Crippen LogP contribution in [0, 0.1) is 0 Å². The average molecular weight is 610 g/mol. The molecule has 3 heteroatoms. The molecule has 0 spiro atoms. The van der Waals surface area contributed by atoms with Crippen molar-refractivity contribution in [3.05, 3.63) is 164 Å². The molecule has 8 aromatic carbocycles. The topological polar surface area (TPSA) is 38.7 Å². The Morgan fingerprint density at radius 3 is 1.58 bits per heavy atom. The normalized spacial score (nSPS) is 11.8. The summed E-state index contributed by atoms with van der Waals surface area (Å²) in [6, 6.07) is 58.1. The van der Waals surface area contributed by atoms with E-state index in [9.17, 15) is 0 Å². The number of fused-ring (bicyclic) bond motifs is 8.